The van der Waals surface area contributed by atoms with Crippen LogP contribution in [0, 0.1) is 5.92 Å². The molecule has 0 radical (unpaired) electrons. The Kier molecular flexibility index (Phi) is 7.54. The van der Waals surface area contributed by atoms with Crippen LogP contribution in [0.2, 0.25) is 0 Å². The molecule has 0 aromatic heterocycles. The minimum absolute atomic E-state index is 0.335. The molecule has 17 heavy (non-hydrogen) atoms. The van der Waals surface area contributed by atoms with E-state index in [0.717, 1.165) is 0 Å². The fourth-order valence-electron chi connectivity index (χ4n) is 1.58. The molecular formula is C12H23NO4. The fraction of sp³-hybridized carbons (Fsp3) is 0.833. The molecule has 0 saturated carbocycles. The molecule has 0 fully saturated rings. The maximum absolute atomic E-state index is 11.6. The van der Waals surface area contributed by atoms with Crippen LogP contribution in [0.4, 0.5) is 0 Å². The number of esters is 2. The first-order valence-corrected chi connectivity index (χ1v) is 5.87. The van der Waals surface area contributed by atoms with E-state index in [0.29, 0.717) is 18.8 Å². The Bertz CT molecular complexity index is 253. The molecule has 0 rings (SSSR count). The third-order valence-corrected chi connectivity index (χ3v) is 2.49. The van der Waals surface area contributed by atoms with E-state index in [4.69, 9.17) is 4.74 Å². The normalized spacial score (nSPS) is 14.2. The van der Waals surface area contributed by atoms with Crippen molar-refractivity contribution in [3.63, 3.8) is 0 Å². The van der Waals surface area contributed by atoms with Gasteiger partial charge in [-0.25, -0.2) is 0 Å². The van der Waals surface area contributed by atoms with Crippen molar-refractivity contribution in [2.75, 3.05) is 14.2 Å². The van der Waals surface area contributed by atoms with E-state index in [-0.39, 0.29) is 11.9 Å². The molecule has 0 heterocycles. The zero-order valence-electron chi connectivity index (χ0n) is 11.3. The molecule has 1 N–H and O–H groups in total. The van der Waals surface area contributed by atoms with Gasteiger partial charge in [0.05, 0.1) is 14.2 Å². The minimum atomic E-state index is -0.470. The molecule has 5 heteroatoms. The Balaban J connectivity index is 4.59. The predicted molar refractivity (Wildman–Crippen MR) is 64.5 cm³/mol. The number of hydrogen-bond donors (Lipinski definition) is 1. The van der Waals surface area contributed by atoms with Gasteiger partial charge in [-0.2, -0.15) is 0 Å². The Morgan fingerprint density at radius 3 is 1.88 bits per heavy atom. The summed E-state index contributed by atoms with van der Waals surface area (Å²) in [7, 11) is 2.68. The van der Waals surface area contributed by atoms with E-state index in [2.05, 4.69) is 10.1 Å². The molecule has 0 aliphatic carbocycles. The zero-order valence-corrected chi connectivity index (χ0v) is 11.3. The van der Waals surface area contributed by atoms with Gasteiger partial charge < -0.3 is 9.47 Å². The lowest BCUT2D eigenvalue weighted by Gasteiger charge is -2.22. The van der Waals surface area contributed by atoms with Crippen LogP contribution in [0.25, 0.3) is 0 Å². The van der Waals surface area contributed by atoms with Gasteiger partial charge in [0, 0.05) is 0 Å². The number of rotatable bonds is 7. The molecule has 0 aliphatic rings. The molecule has 0 saturated heterocycles. The Morgan fingerprint density at radius 2 is 1.53 bits per heavy atom. The van der Waals surface area contributed by atoms with E-state index in [1.807, 2.05) is 20.8 Å². The predicted octanol–water partition coefficient (Wildman–Crippen LogP) is 1.12. The first-order chi connectivity index (χ1) is 7.96. The van der Waals surface area contributed by atoms with Crippen molar-refractivity contribution in [3.8, 4) is 0 Å². The third kappa shape index (κ3) is 5.68. The molecule has 100 valence electrons. The molecule has 0 aromatic carbocycles. The van der Waals surface area contributed by atoms with Gasteiger partial charge in [-0.15, -0.1) is 0 Å². The van der Waals surface area contributed by atoms with Gasteiger partial charge in [0.25, 0.3) is 0 Å². The van der Waals surface area contributed by atoms with Gasteiger partial charge in [-0.05, 0) is 18.8 Å². The van der Waals surface area contributed by atoms with Gasteiger partial charge in [-0.1, -0.05) is 20.8 Å². The zero-order chi connectivity index (χ0) is 13.4. The number of carbonyl (C=O) groups excluding carboxylic acids is 2. The summed E-state index contributed by atoms with van der Waals surface area (Å²) in [5, 5.41) is 2.99. The van der Waals surface area contributed by atoms with Gasteiger partial charge in [-0.3, -0.25) is 14.9 Å². The number of nitrogens with one attached hydrogen (secondary N) is 1. The largest absolute Gasteiger partial charge is 0.468 e. The smallest absolute Gasteiger partial charge is 0.322 e. The Labute approximate surface area is 103 Å². The second-order valence-corrected chi connectivity index (χ2v) is 4.36. The van der Waals surface area contributed by atoms with Crippen molar-refractivity contribution in [1.29, 1.82) is 0 Å². The number of hydrogen-bond acceptors (Lipinski definition) is 5. The summed E-state index contributed by atoms with van der Waals surface area (Å²) in [6.07, 6.45) is 1.19. The fourth-order valence-corrected chi connectivity index (χ4v) is 1.58. The molecular weight excluding hydrogens is 222 g/mol. The van der Waals surface area contributed by atoms with Gasteiger partial charge >= 0.3 is 11.9 Å². The standard InChI is InChI=1S/C12H23NO4/c1-6-9(11(14)16-4)13-10(7-8(2)3)12(15)17-5/h8-10,13H,6-7H2,1-5H3. The average Bonchev–Trinajstić information content (AvgIpc) is 2.31. The highest BCUT2D eigenvalue weighted by atomic mass is 16.5. The average molecular weight is 245 g/mol. The van der Waals surface area contributed by atoms with Crippen molar-refractivity contribution >= 4 is 11.9 Å². The summed E-state index contributed by atoms with van der Waals surface area (Å²) in [5.74, 6) is -0.368. The molecule has 0 amide bonds. The van der Waals surface area contributed by atoms with Crippen molar-refractivity contribution in [2.45, 2.75) is 45.7 Å². The van der Waals surface area contributed by atoms with Gasteiger partial charge in [0.15, 0.2) is 0 Å². The van der Waals surface area contributed by atoms with Crippen molar-refractivity contribution in [2.24, 2.45) is 5.92 Å². The van der Waals surface area contributed by atoms with E-state index in [1.165, 1.54) is 14.2 Å². The van der Waals surface area contributed by atoms with Crippen molar-refractivity contribution in [1.82, 2.24) is 5.32 Å². The first-order valence-electron chi connectivity index (χ1n) is 5.87. The van der Waals surface area contributed by atoms with Crippen LogP contribution in [0.5, 0.6) is 0 Å². The summed E-state index contributed by atoms with van der Waals surface area (Å²) in [6, 6.07) is -0.938. The van der Waals surface area contributed by atoms with Crippen LogP contribution in [-0.4, -0.2) is 38.2 Å². The first kappa shape index (κ1) is 15.9. The van der Waals surface area contributed by atoms with Crippen LogP contribution in [-0.2, 0) is 19.1 Å². The van der Waals surface area contributed by atoms with Crippen LogP contribution in [0.1, 0.15) is 33.6 Å². The summed E-state index contributed by atoms with van der Waals surface area (Å²) >= 11 is 0. The van der Waals surface area contributed by atoms with Crippen LogP contribution in [0.15, 0.2) is 0 Å². The van der Waals surface area contributed by atoms with E-state index in [1.54, 1.807) is 0 Å². The SMILES string of the molecule is CCC(NC(CC(C)C)C(=O)OC)C(=O)OC. The highest BCUT2D eigenvalue weighted by molar-refractivity contribution is 5.79. The summed E-state index contributed by atoms with van der Waals surface area (Å²) < 4.78 is 9.39. The quantitative estimate of drug-likeness (QED) is 0.681. The number of carbonyl (C=O) groups is 2. The molecule has 5 nitrogen and oxygen atoms in total. The van der Waals surface area contributed by atoms with E-state index in [9.17, 15) is 9.59 Å². The number of ether oxygens (including phenoxy) is 2. The van der Waals surface area contributed by atoms with Crippen LogP contribution in [0.3, 0.4) is 0 Å². The highest BCUT2D eigenvalue weighted by Crippen LogP contribution is 2.08. The highest BCUT2D eigenvalue weighted by Gasteiger charge is 2.26. The maximum atomic E-state index is 11.6. The van der Waals surface area contributed by atoms with Crippen LogP contribution >= 0.6 is 0 Å². The molecule has 0 aromatic rings. The monoisotopic (exact) mass is 245 g/mol. The molecule has 0 aliphatic heterocycles. The van der Waals surface area contributed by atoms with E-state index < -0.39 is 12.1 Å². The lowest BCUT2D eigenvalue weighted by atomic mass is 10.0. The summed E-state index contributed by atoms with van der Waals surface area (Å²) in [5.41, 5.74) is 0. The van der Waals surface area contributed by atoms with Crippen molar-refractivity contribution in [3.05, 3.63) is 0 Å². The van der Waals surface area contributed by atoms with Gasteiger partial charge in [0.1, 0.15) is 12.1 Å². The summed E-state index contributed by atoms with van der Waals surface area (Å²) in [4.78, 5) is 23.0. The number of methoxy groups -OCH3 is 2. The lowest BCUT2D eigenvalue weighted by Crippen LogP contribution is -2.48. The molecule has 2 atom stereocenters. The second-order valence-electron chi connectivity index (χ2n) is 4.36. The van der Waals surface area contributed by atoms with E-state index >= 15 is 0 Å². The lowest BCUT2D eigenvalue weighted by molar-refractivity contribution is -0.146. The molecule has 0 spiro atoms. The van der Waals surface area contributed by atoms with Crippen LogP contribution < -0.4 is 5.32 Å². The van der Waals surface area contributed by atoms with Crippen molar-refractivity contribution < 1.29 is 19.1 Å². The second kappa shape index (κ2) is 8.06. The Hall–Kier alpha value is -1.10. The topological polar surface area (TPSA) is 64.6 Å². The maximum Gasteiger partial charge on any atom is 0.322 e. The third-order valence-electron chi connectivity index (χ3n) is 2.49. The Morgan fingerprint density at radius 1 is 1.06 bits per heavy atom. The molecule has 0 bridgehead atoms. The summed E-state index contributed by atoms with van der Waals surface area (Å²) in [6.45, 7) is 5.88. The minimum Gasteiger partial charge on any atom is -0.468 e. The van der Waals surface area contributed by atoms with Gasteiger partial charge in [0.2, 0.25) is 0 Å². The molecule has 2 unspecified atom stereocenters.